The van der Waals surface area contributed by atoms with E-state index in [-0.39, 0.29) is 17.6 Å². The van der Waals surface area contributed by atoms with Crippen molar-refractivity contribution < 1.29 is 9.53 Å². The third-order valence-electron chi connectivity index (χ3n) is 5.21. The summed E-state index contributed by atoms with van der Waals surface area (Å²) in [6.07, 6.45) is 1.92. The molecule has 0 bridgehead atoms. The number of fused-ring (bicyclic) bond motifs is 1. The lowest BCUT2D eigenvalue weighted by molar-refractivity contribution is -0.115. The summed E-state index contributed by atoms with van der Waals surface area (Å²) in [7, 11) is 0. The van der Waals surface area contributed by atoms with Gasteiger partial charge in [-0.25, -0.2) is 4.98 Å². The minimum Gasteiger partial charge on any atom is -0.376 e. The standard InChI is InChI=1S/C23H25N3O3S/c1-15-9-11-17(12-10-15)24-21(27)16(2)30-23-25-20-8-4-3-7-19(20)22(28)26(23)14-18-6-5-13-29-18/h3-4,7-12,16,18H,5-6,13-14H2,1-2H3,(H,24,27)/t16-,18+/m1/s1. The average molecular weight is 424 g/mol. The van der Waals surface area contributed by atoms with Crippen LogP contribution in [0.25, 0.3) is 10.9 Å². The van der Waals surface area contributed by atoms with E-state index in [2.05, 4.69) is 5.32 Å². The number of hydrogen-bond donors (Lipinski definition) is 1. The van der Waals surface area contributed by atoms with Gasteiger partial charge in [-0.1, -0.05) is 41.6 Å². The minimum atomic E-state index is -0.421. The van der Waals surface area contributed by atoms with Gasteiger partial charge in [0.25, 0.3) is 5.56 Å². The summed E-state index contributed by atoms with van der Waals surface area (Å²) in [4.78, 5) is 30.6. The number of anilines is 1. The van der Waals surface area contributed by atoms with Crippen LogP contribution in [0.2, 0.25) is 0 Å². The first-order valence-corrected chi connectivity index (χ1v) is 11.0. The second-order valence-corrected chi connectivity index (χ2v) is 8.89. The molecule has 6 nitrogen and oxygen atoms in total. The van der Waals surface area contributed by atoms with Crippen molar-refractivity contribution in [2.24, 2.45) is 0 Å². The van der Waals surface area contributed by atoms with Gasteiger partial charge in [0.2, 0.25) is 5.91 Å². The molecule has 0 radical (unpaired) electrons. The summed E-state index contributed by atoms with van der Waals surface area (Å²) in [5, 5.41) is 3.64. The van der Waals surface area contributed by atoms with Gasteiger partial charge in [-0.15, -0.1) is 0 Å². The van der Waals surface area contributed by atoms with Gasteiger partial charge in [-0.3, -0.25) is 14.2 Å². The van der Waals surface area contributed by atoms with Crippen LogP contribution < -0.4 is 10.9 Å². The fourth-order valence-corrected chi connectivity index (χ4v) is 4.40. The summed E-state index contributed by atoms with van der Waals surface area (Å²) in [5.41, 5.74) is 2.43. The number of ether oxygens (including phenoxy) is 1. The van der Waals surface area contributed by atoms with E-state index in [0.717, 1.165) is 30.7 Å². The van der Waals surface area contributed by atoms with Crippen LogP contribution in [0.3, 0.4) is 0 Å². The molecule has 1 aromatic heterocycles. The van der Waals surface area contributed by atoms with Crippen LogP contribution in [-0.4, -0.2) is 33.4 Å². The van der Waals surface area contributed by atoms with Gasteiger partial charge in [0.05, 0.1) is 28.8 Å². The van der Waals surface area contributed by atoms with Crippen LogP contribution in [0.4, 0.5) is 5.69 Å². The summed E-state index contributed by atoms with van der Waals surface area (Å²) in [6.45, 7) is 5.00. The first-order chi connectivity index (χ1) is 14.5. The molecular formula is C23H25N3O3S. The predicted octanol–water partition coefficient (Wildman–Crippen LogP) is 4.00. The van der Waals surface area contributed by atoms with Crippen molar-refractivity contribution in [3.8, 4) is 0 Å². The van der Waals surface area contributed by atoms with Crippen molar-refractivity contribution in [1.82, 2.24) is 9.55 Å². The fraction of sp³-hybridized carbons (Fsp3) is 0.348. The molecule has 1 fully saturated rings. The zero-order valence-electron chi connectivity index (χ0n) is 17.1. The van der Waals surface area contributed by atoms with E-state index in [1.165, 1.54) is 11.8 Å². The maximum Gasteiger partial charge on any atom is 0.262 e. The number of rotatable bonds is 6. The molecule has 1 amide bonds. The Morgan fingerprint density at radius 3 is 2.77 bits per heavy atom. The zero-order valence-corrected chi connectivity index (χ0v) is 17.9. The number of thioether (sulfide) groups is 1. The average Bonchev–Trinajstić information content (AvgIpc) is 3.26. The molecule has 1 aliphatic rings. The van der Waals surface area contributed by atoms with Crippen molar-refractivity contribution in [2.75, 3.05) is 11.9 Å². The van der Waals surface area contributed by atoms with Crippen molar-refractivity contribution >= 4 is 34.3 Å². The molecule has 0 saturated carbocycles. The Morgan fingerprint density at radius 2 is 2.03 bits per heavy atom. The molecule has 7 heteroatoms. The summed E-state index contributed by atoms with van der Waals surface area (Å²) < 4.78 is 7.41. The van der Waals surface area contributed by atoms with Crippen LogP contribution >= 0.6 is 11.8 Å². The van der Waals surface area contributed by atoms with Gasteiger partial charge in [0.15, 0.2) is 5.16 Å². The second-order valence-electron chi connectivity index (χ2n) is 7.58. The van der Waals surface area contributed by atoms with E-state index in [1.54, 1.807) is 10.6 Å². The zero-order chi connectivity index (χ0) is 21.1. The van der Waals surface area contributed by atoms with Crippen LogP contribution in [-0.2, 0) is 16.1 Å². The van der Waals surface area contributed by atoms with Gasteiger partial charge in [0, 0.05) is 12.3 Å². The van der Waals surface area contributed by atoms with Crippen LogP contribution in [0, 0.1) is 6.92 Å². The van der Waals surface area contributed by atoms with Crippen molar-refractivity contribution in [2.45, 2.75) is 49.7 Å². The van der Waals surface area contributed by atoms with Crippen LogP contribution in [0.15, 0.2) is 58.5 Å². The molecule has 0 spiro atoms. The maximum atomic E-state index is 13.2. The van der Waals surface area contributed by atoms with E-state index < -0.39 is 5.25 Å². The topological polar surface area (TPSA) is 73.2 Å². The number of aromatic nitrogens is 2. The van der Waals surface area contributed by atoms with E-state index >= 15 is 0 Å². The lowest BCUT2D eigenvalue weighted by Gasteiger charge is -2.18. The largest absolute Gasteiger partial charge is 0.376 e. The number of carbonyl (C=O) groups excluding carboxylic acids is 1. The fourth-order valence-electron chi connectivity index (χ4n) is 3.48. The first kappa shape index (κ1) is 20.6. The SMILES string of the molecule is Cc1ccc(NC(=O)[C@@H](C)Sc2nc3ccccc3c(=O)n2C[C@@H]2CCCO2)cc1. The van der Waals surface area contributed by atoms with Gasteiger partial charge in [-0.2, -0.15) is 0 Å². The van der Waals surface area contributed by atoms with Gasteiger partial charge < -0.3 is 10.1 Å². The maximum absolute atomic E-state index is 13.2. The lowest BCUT2D eigenvalue weighted by Crippen LogP contribution is -2.30. The monoisotopic (exact) mass is 423 g/mol. The van der Waals surface area contributed by atoms with Gasteiger partial charge in [-0.05, 0) is 51.0 Å². The van der Waals surface area contributed by atoms with Crippen molar-refractivity contribution in [3.05, 3.63) is 64.4 Å². The van der Waals surface area contributed by atoms with Crippen molar-refractivity contribution in [3.63, 3.8) is 0 Å². The second kappa shape index (κ2) is 9.02. The minimum absolute atomic E-state index is 0.00158. The van der Waals surface area contributed by atoms with Gasteiger partial charge in [0.1, 0.15) is 0 Å². The highest BCUT2D eigenvalue weighted by Gasteiger charge is 2.23. The molecular weight excluding hydrogens is 398 g/mol. The number of hydrogen-bond acceptors (Lipinski definition) is 5. The molecule has 2 aromatic carbocycles. The highest BCUT2D eigenvalue weighted by atomic mass is 32.2. The van der Waals surface area contributed by atoms with Crippen molar-refractivity contribution in [1.29, 1.82) is 0 Å². The predicted molar refractivity (Wildman–Crippen MR) is 120 cm³/mol. The van der Waals surface area contributed by atoms with Crippen LogP contribution in [0.1, 0.15) is 25.3 Å². The van der Waals surface area contributed by atoms with E-state index in [9.17, 15) is 9.59 Å². The number of para-hydroxylation sites is 1. The number of nitrogens with zero attached hydrogens (tertiary/aromatic N) is 2. The highest BCUT2D eigenvalue weighted by Crippen LogP contribution is 2.25. The Bertz CT molecular complexity index is 1100. The van der Waals surface area contributed by atoms with E-state index in [4.69, 9.17) is 9.72 Å². The number of amides is 1. The van der Waals surface area contributed by atoms with E-state index in [1.807, 2.05) is 56.3 Å². The Kier molecular flexibility index (Phi) is 6.20. The number of nitrogens with one attached hydrogen (secondary N) is 1. The molecule has 0 unspecified atom stereocenters. The Labute approximate surface area is 179 Å². The van der Waals surface area contributed by atoms with E-state index in [0.29, 0.717) is 22.6 Å². The molecule has 30 heavy (non-hydrogen) atoms. The van der Waals surface area contributed by atoms with Crippen LogP contribution in [0.5, 0.6) is 0 Å². The summed E-state index contributed by atoms with van der Waals surface area (Å²) in [5.74, 6) is -0.130. The number of aryl methyl sites for hydroxylation is 1. The smallest absolute Gasteiger partial charge is 0.262 e. The Balaban J connectivity index is 1.60. The molecule has 2 atom stereocenters. The third kappa shape index (κ3) is 4.57. The molecule has 1 aliphatic heterocycles. The third-order valence-corrected chi connectivity index (χ3v) is 6.30. The normalized spacial score (nSPS) is 17.2. The lowest BCUT2D eigenvalue weighted by atomic mass is 10.2. The summed E-state index contributed by atoms with van der Waals surface area (Å²) in [6, 6.07) is 15.0. The quantitative estimate of drug-likeness (QED) is 0.479. The molecule has 1 N–H and O–H groups in total. The first-order valence-electron chi connectivity index (χ1n) is 10.2. The molecule has 156 valence electrons. The summed E-state index contributed by atoms with van der Waals surface area (Å²) >= 11 is 1.30. The Morgan fingerprint density at radius 1 is 1.27 bits per heavy atom. The number of benzene rings is 2. The Hall–Kier alpha value is -2.64. The molecule has 2 heterocycles. The molecule has 1 saturated heterocycles. The molecule has 3 aromatic rings. The molecule has 4 rings (SSSR count). The van der Waals surface area contributed by atoms with Gasteiger partial charge >= 0.3 is 0 Å². The highest BCUT2D eigenvalue weighted by molar-refractivity contribution is 8.00. The molecule has 0 aliphatic carbocycles. The number of carbonyl (C=O) groups is 1.